The van der Waals surface area contributed by atoms with Crippen molar-refractivity contribution in [3.63, 3.8) is 0 Å². The van der Waals surface area contributed by atoms with Gasteiger partial charge in [-0.15, -0.1) is 0 Å². The van der Waals surface area contributed by atoms with Crippen LogP contribution in [-0.2, 0) is 9.59 Å². The average molecular weight is 296 g/mol. The number of anilines is 2. The van der Waals surface area contributed by atoms with Crippen LogP contribution in [0.3, 0.4) is 0 Å². The lowest BCUT2D eigenvalue weighted by molar-refractivity contribution is -0.384. The molecule has 2 amide bonds. The number of pyridine rings is 1. The fourth-order valence-electron chi connectivity index (χ4n) is 1.64. The number of carbonyl (C=O) groups excluding carboxylic acids is 2. The van der Waals surface area contributed by atoms with Gasteiger partial charge < -0.3 is 21.7 Å². The van der Waals surface area contributed by atoms with Crippen LogP contribution in [-0.4, -0.2) is 41.4 Å². The summed E-state index contributed by atoms with van der Waals surface area (Å²) in [5.74, 6) is -1.11. The molecule has 0 spiro atoms. The van der Waals surface area contributed by atoms with Gasteiger partial charge in [0.1, 0.15) is 11.6 Å². The third-order valence-corrected chi connectivity index (χ3v) is 2.38. The summed E-state index contributed by atoms with van der Waals surface area (Å²) in [4.78, 5) is 37.7. The summed E-state index contributed by atoms with van der Waals surface area (Å²) in [7, 11) is 0. The number of carbonyl (C=O) groups is 2. The summed E-state index contributed by atoms with van der Waals surface area (Å²) in [6.07, 6.45) is 0. The Hall–Kier alpha value is -2.91. The summed E-state index contributed by atoms with van der Waals surface area (Å²) < 4.78 is 0. The van der Waals surface area contributed by atoms with Crippen molar-refractivity contribution in [1.82, 2.24) is 4.98 Å². The predicted octanol–water partition coefficient (Wildman–Crippen LogP) is -0.801. The molecule has 0 aliphatic heterocycles. The van der Waals surface area contributed by atoms with E-state index in [0.717, 1.165) is 6.07 Å². The van der Waals surface area contributed by atoms with E-state index < -0.39 is 16.7 Å². The third kappa shape index (κ3) is 4.93. The van der Waals surface area contributed by atoms with E-state index in [-0.39, 0.29) is 30.4 Å². The van der Waals surface area contributed by atoms with Crippen molar-refractivity contribution in [2.45, 2.75) is 6.92 Å². The van der Waals surface area contributed by atoms with Crippen molar-refractivity contribution >= 4 is 29.1 Å². The first-order valence-corrected chi connectivity index (χ1v) is 6.05. The van der Waals surface area contributed by atoms with Crippen molar-refractivity contribution in [2.24, 2.45) is 11.5 Å². The zero-order valence-corrected chi connectivity index (χ0v) is 11.4. The molecule has 0 atom stereocenters. The Labute approximate surface area is 120 Å². The van der Waals surface area contributed by atoms with E-state index in [0.29, 0.717) is 6.54 Å². The second-order valence-electron chi connectivity index (χ2n) is 4.14. The zero-order chi connectivity index (χ0) is 16.0. The Morgan fingerprint density at radius 3 is 2.33 bits per heavy atom. The lowest BCUT2D eigenvalue weighted by atomic mass is 10.3. The fraction of sp³-hybridized carbons (Fsp3) is 0.364. The Balaban J connectivity index is 3.23. The Morgan fingerprint density at radius 2 is 1.90 bits per heavy atom. The van der Waals surface area contributed by atoms with Crippen LogP contribution in [0.2, 0.25) is 0 Å². The van der Waals surface area contributed by atoms with Gasteiger partial charge in [-0.2, -0.15) is 0 Å². The second kappa shape index (κ2) is 7.03. The van der Waals surface area contributed by atoms with Gasteiger partial charge in [-0.3, -0.25) is 19.7 Å². The minimum absolute atomic E-state index is 0.0674. The molecule has 5 N–H and O–H groups in total. The van der Waals surface area contributed by atoms with E-state index in [2.05, 4.69) is 10.3 Å². The van der Waals surface area contributed by atoms with Crippen LogP contribution in [0.15, 0.2) is 12.1 Å². The van der Waals surface area contributed by atoms with Gasteiger partial charge in [0.15, 0.2) is 0 Å². The maximum Gasteiger partial charge on any atom is 0.276 e. The largest absolute Gasteiger partial charge is 0.370 e. The van der Waals surface area contributed by atoms with Gasteiger partial charge in [-0.25, -0.2) is 4.98 Å². The highest BCUT2D eigenvalue weighted by molar-refractivity contribution is 5.84. The Bertz CT molecular complexity index is 546. The number of aromatic nitrogens is 1. The van der Waals surface area contributed by atoms with E-state index in [1.54, 1.807) is 6.92 Å². The van der Waals surface area contributed by atoms with Crippen LogP contribution in [0.1, 0.15) is 6.92 Å². The van der Waals surface area contributed by atoms with Crippen LogP contribution in [0.25, 0.3) is 0 Å². The molecule has 10 heteroatoms. The van der Waals surface area contributed by atoms with Gasteiger partial charge in [0.05, 0.1) is 30.1 Å². The molecule has 0 radical (unpaired) electrons. The van der Waals surface area contributed by atoms with Crippen LogP contribution < -0.4 is 21.7 Å². The van der Waals surface area contributed by atoms with Gasteiger partial charge in [0, 0.05) is 6.54 Å². The quantitative estimate of drug-likeness (QED) is 0.418. The van der Waals surface area contributed by atoms with E-state index in [1.165, 1.54) is 11.0 Å². The highest BCUT2D eigenvalue weighted by Crippen LogP contribution is 2.23. The van der Waals surface area contributed by atoms with Crippen molar-refractivity contribution in [3.8, 4) is 0 Å². The number of nitrogens with two attached hydrogens (primary N) is 2. The van der Waals surface area contributed by atoms with Crippen molar-refractivity contribution < 1.29 is 14.5 Å². The molecule has 1 aromatic heterocycles. The number of rotatable bonds is 8. The van der Waals surface area contributed by atoms with E-state index >= 15 is 0 Å². The topological polar surface area (TPSA) is 157 Å². The Morgan fingerprint density at radius 1 is 1.33 bits per heavy atom. The monoisotopic (exact) mass is 296 g/mol. The summed E-state index contributed by atoms with van der Waals surface area (Å²) >= 11 is 0. The Kier molecular flexibility index (Phi) is 5.40. The van der Waals surface area contributed by atoms with Crippen molar-refractivity contribution in [1.29, 1.82) is 0 Å². The smallest absolute Gasteiger partial charge is 0.276 e. The molecule has 0 aliphatic carbocycles. The molecule has 114 valence electrons. The van der Waals surface area contributed by atoms with Crippen LogP contribution >= 0.6 is 0 Å². The number of hydrogen-bond acceptors (Lipinski definition) is 7. The fourth-order valence-corrected chi connectivity index (χ4v) is 1.64. The maximum absolute atomic E-state index is 11.0. The van der Waals surface area contributed by atoms with Crippen LogP contribution in [0, 0.1) is 10.1 Å². The molecular formula is C11H16N6O4. The molecule has 21 heavy (non-hydrogen) atoms. The molecule has 0 fully saturated rings. The minimum Gasteiger partial charge on any atom is -0.370 e. The van der Waals surface area contributed by atoms with Gasteiger partial charge in [-0.1, -0.05) is 0 Å². The lowest BCUT2D eigenvalue weighted by Gasteiger charge is -2.20. The highest BCUT2D eigenvalue weighted by Gasteiger charge is 2.18. The molecule has 0 aromatic carbocycles. The lowest BCUT2D eigenvalue weighted by Crippen LogP contribution is -2.40. The minimum atomic E-state index is -0.713. The number of amides is 2. The number of hydrogen-bond donors (Lipinski definition) is 3. The number of primary amides is 2. The first kappa shape index (κ1) is 16.1. The molecule has 1 rings (SSSR count). The predicted molar refractivity (Wildman–Crippen MR) is 75.7 cm³/mol. The summed E-state index contributed by atoms with van der Waals surface area (Å²) in [5, 5.41) is 13.8. The summed E-state index contributed by atoms with van der Waals surface area (Å²) in [6.45, 7) is 1.63. The highest BCUT2D eigenvalue weighted by atomic mass is 16.6. The normalized spacial score (nSPS) is 9.95. The molecule has 0 aliphatic rings. The molecule has 0 unspecified atom stereocenters. The number of nitrogens with one attached hydrogen (secondary N) is 1. The zero-order valence-electron chi connectivity index (χ0n) is 11.4. The van der Waals surface area contributed by atoms with E-state index in [1.807, 2.05) is 0 Å². The molecule has 1 heterocycles. The average Bonchev–Trinajstić information content (AvgIpc) is 2.36. The molecule has 0 saturated heterocycles. The van der Waals surface area contributed by atoms with Crippen molar-refractivity contribution in [2.75, 3.05) is 29.9 Å². The second-order valence-corrected chi connectivity index (χ2v) is 4.14. The molecule has 0 saturated carbocycles. The van der Waals surface area contributed by atoms with Gasteiger partial charge in [0.25, 0.3) is 5.69 Å². The first-order chi connectivity index (χ1) is 9.83. The third-order valence-electron chi connectivity index (χ3n) is 2.38. The van der Waals surface area contributed by atoms with E-state index in [9.17, 15) is 19.7 Å². The maximum atomic E-state index is 11.0. The van der Waals surface area contributed by atoms with Gasteiger partial charge in [-0.05, 0) is 6.92 Å². The molecule has 1 aromatic rings. The van der Waals surface area contributed by atoms with E-state index in [4.69, 9.17) is 11.5 Å². The first-order valence-electron chi connectivity index (χ1n) is 6.05. The molecular weight excluding hydrogens is 280 g/mol. The van der Waals surface area contributed by atoms with Gasteiger partial charge in [0.2, 0.25) is 11.8 Å². The standard InChI is InChI=1S/C11H16N6O4/c1-2-14-10-3-7(17(20)21)4-11(15-10)16(5-8(12)18)6-9(13)19/h3-4H,2,5-6H2,1H3,(H2,12,18)(H2,13,19)(H,14,15). The summed E-state index contributed by atoms with van der Waals surface area (Å²) in [5.41, 5.74) is 9.96. The summed E-state index contributed by atoms with van der Waals surface area (Å²) in [6, 6.07) is 2.40. The number of nitrogens with zero attached hydrogens (tertiary/aromatic N) is 3. The van der Waals surface area contributed by atoms with Gasteiger partial charge >= 0.3 is 0 Å². The van der Waals surface area contributed by atoms with Crippen LogP contribution in [0.5, 0.6) is 0 Å². The van der Waals surface area contributed by atoms with Crippen LogP contribution in [0.4, 0.5) is 17.3 Å². The molecule has 0 bridgehead atoms. The number of nitro groups is 1. The van der Waals surface area contributed by atoms with Crippen molar-refractivity contribution in [3.05, 3.63) is 22.2 Å². The molecule has 10 nitrogen and oxygen atoms in total. The SMILES string of the molecule is CCNc1cc([N+](=O)[O-])cc(N(CC(N)=O)CC(N)=O)n1.